The molecule has 0 radical (unpaired) electrons. The van der Waals surface area contributed by atoms with E-state index >= 15 is 0 Å². The van der Waals surface area contributed by atoms with Crippen LogP contribution in [0.25, 0.3) is 0 Å². The van der Waals surface area contributed by atoms with E-state index in [1.54, 1.807) is 0 Å². The predicted molar refractivity (Wildman–Crippen MR) is 72.6 cm³/mol. The van der Waals surface area contributed by atoms with Gasteiger partial charge in [-0.2, -0.15) is 0 Å². The van der Waals surface area contributed by atoms with Crippen LogP contribution < -0.4 is 5.32 Å². The van der Waals surface area contributed by atoms with Crippen LogP contribution in [0, 0.1) is 5.41 Å². The quantitative estimate of drug-likeness (QED) is 0.801. The van der Waals surface area contributed by atoms with E-state index in [1.807, 2.05) is 0 Å². The van der Waals surface area contributed by atoms with Gasteiger partial charge in [0.25, 0.3) is 0 Å². The summed E-state index contributed by atoms with van der Waals surface area (Å²) in [5.74, 6) is -1.46. The Kier molecular flexibility index (Phi) is 4.17. The van der Waals surface area contributed by atoms with E-state index in [0.717, 1.165) is 24.7 Å². The molecule has 20 heavy (non-hydrogen) atoms. The van der Waals surface area contributed by atoms with E-state index < -0.39 is 27.3 Å². The summed E-state index contributed by atoms with van der Waals surface area (Å²) >= 11 is 0. The number of carbonyl (C=O) groups is 2. The number of carbonyl (C=O) groups excluding carboxylic acids is 1. The molecule has 0 aromatic heterocycles. The first kappa shape index (κ1) is 15.0. The number of sulfone groups is 1. The summed E-state index contributed by atoms with van der Waals surface area (Å²) in [6.45, 7) is 0. The van der Waals surface area contributed by atoms with Gasteiger partial charge in [-0.15, -0.1) is 0 Å². The van der Waals surface area contributed by atoms with E-state index in [9.17, 15) is 23.1 Å². The first-order chi connectivity index (χ1) is 9.33. The molecular formula is C13H19NO5S. The molecule has 1 saturated carbocycles. The third-order valence-electron chi connectivity index (χ3n) is 4.04. The molecule has 1 fully saturated rings. The Morgan fingerprint density at radius 3 is 2.40 bits per heavy atom. The average Bonchev–Trinajstić information content (AvgIpc) is 2.69. The molecule has 0 aromatic carbocycles. The lowest BCUT2D eigenvalue weighted by atomic mass is 9.71. The van der Waals surface area contributed by atoms with E-state index in [-0.39, 0.29) is 18.1 Å². The molecule has 1 amide bonds. The highest BCUT2D eigenvalue weighted by atomic mass is 32.2. The van der Waals surface area contributed by atoms with Crippen molar-refractivity contribution in [2.75, 3.05) is 5.75 Å². The number of hydrogen-bond donors (Lipinski definition) is 2. The van der Waals surface area contributed by atoms with Crippen LogP contribution in [0.15, 0.2) is 11.5 Å². The van der Waals surface area contributed by atoms with Gasteiger partial charge < -0.3 is 10.4 Å². The minimum atomic E-state index is -3.22. The van der Waals surface area contributed by atoms with Crippen LogP contribution >= 0.6 is 0 Å². The zero-order valence-corrected chi connectivity index (χ0v) is 12.0. The first-order valence-electron chi connectivity index (χ1n) is 6.77. The Bertz CT molecular complexity index is 531. The van der Waals surface area contributed by atoms with Gasteiger partial charge in [0.2, 0.25) is 5.91 Å². The maximum absolute atomic E-state index is 12.0. The summed E-state index contributed by atoms with van der Waals surface area (Å²) in [5.41, 5.74) is -0.983. The fraction of sp³-hybridized carbons (Fsp3) is 0.692. The molecule has 1 unspecified atom stereocenters. The summed E-state index contributed by atoms with van der Waals surface area (Å²) in [6.07, 6.45) is 5.01. The topological polar surface area (TPSA) is 101 Å². The summed E-state index contributed by atoms with van der Waals surface area (Å²) < 4.78 is 22.5. The first-order valence-corrected chi connectivity index (χ1v) is 8.48. The van der Waals surface area contributed by atoms with Gasteiger partial charge in [-0.05, 0) is 18.9 Å². The molecular weight excluding hydrogens is 282 g/mol. The minimum absolute atomic E-state index is 0.0767. The molecule has 2 N–H and O–H groups in total. The molecule has 1 aliphatic carbocycles. The van der Waals surface area contributed by atoms with Crippen molar-refractivity contribution >= 4 is 21.7 Å². The van der Waals surface area contributed by atoms with Crippen LogP contribution in [0.4, 0.5) is 0 Å². The molecule has 0 aromatic rings. The van der Waals surface area contributed by atoms with Crippen LogP contribution in [0.5, 0.6) is 0 Å². The second kappa shape index (κ2) is 5.55. The predicted octanol–water partition coefficient (Wildman–Crippen LogP) is 0.839. The lowest BCUT2D eigenvalue weighted by molar-refractivity contribution is -0.154. The van der Waals surface area contributed by atoms with Gasteiger partial charge in [-0.1, -0.05) is 19.3 Å². The molecule has 6 nitrogen and oxygen atoms in total. The van der Waals surface area contributed by atoms with Gasteiger partial charge >= 0.3 is 5.97 Å². The Balaban J connectivity index is 1.96. The lowest BCUT2D eigenvalue weighted by Gasteiger charge is -2.32. The molecule has 2 rings (SSSR count). The summed E-state index contributed by atoms with van der Waals surface area (Å²) in [7, 11) is -3.22. The van der Waals surface area contributed by atoms with Crippen molar-refractivity contribution in [3.8, 4) is 0 Å². The van der Waals surface area contributed by atoms with Gasteiger partial charge in [-0.25, -0.2) is 8.42 Å². The highest BCUT2D eigenvalue weighted by molar-refractivity contribution is 7.94. The third-order valence-corrected chi connectivity index (χ3v) is 5.44. The van der Waals surface area contributed by atoms with Crippen molar-refractivity contribution < 1.29 is 23.1 Å². The van der Waals surface area contributed by atoms with Crippen molar-refractivity contribution in [2.24, 2.45) is 5.41 Å². The molecule has 0 saturated heterocycles. The monoisotopic (exact) mass is 301 g/mol. The van der Waals surface area contributed by atoms with Crippen LogP contribution in [0.3, 0.4) is 0 Å². The molecule has 0 spiro atoms. The zero-order chi connectivity index (χ0) is 14.8. The highest BCUT2D eigenvalue weighted by Crippen LogP contribution is 2.39. The van der Waals surface area contributed by atoms with Crippen LogP contribution in [-0.4, -0.2) is 37.2 Å². The van der Waals surface area contributed by atoms with E-state index in [4.69, 9.17) is 0 Å². The number of rotatable bonds is 4. The van der Waals surface area contributed by atoms with Crippen molar-refractivity contribution in [3.63, 3.8) is 0 Å². The van der Waals surface area contributed by atoms with E-state index in [0.29, 0.717) is 12.8 Å². The molecule has 1 aliphatic heterocycles. The largest absolute Gasteiger partial charge is 0.481 e. The molecule has 112 valence electrons. The Morgan fingerprint density at radius 1 is 1.25 bits per heavy atom. The Labute approximate surface area is 118 Å². The summed E-state index contributed by atoms with van der Waals surface area (Å²) in [4.78, 5) is 23.4. The van der Waals surface area contributed by atoms with Crippen LogP contribution in [-0.2, 0) is 19.4 Å². The van der Waals surface area contributed by atoms with Crippen molar-refractivity contribution in [1.82, 2.24) is 5.32 Å². The van der Waals surface area contributed by atoms with E-state index in [2.05, 4.69) is 5.32 Å². The highest BCUT2D eigenvalue weighted by Gasteiger charge is 2.41. The van der Waals surface area contributed by atoms with Gasteiger partial charge in [0.05, 0.1) is 17.2 Å². The van der Waals surface area contributed by atoms with E-state index in [1.165, 1.54) is 6.08 Å². The molecule has 7 heteroatoms. The number of nitrogens with one attached hydrogen (secondary N) is 1. The molecule has 2 aliphatic rings. The maximum atomic E-state index is 12.0. The maximum Gasteiger partial charge on any atom is 0.310 e. The molecule has 0 bridgehead atoms. The van der Waals surface area contributed by atoms with Gasteiger partial charge in [0, 0.05) is 11.8 Å². The van der Waals surface area contributed by atoms with Crippen LogP contribution in [0.1, 0.15) is 38.5 Å². The normalized spacial score (nSPS) is 27.1. The second-order valence-corrected chi connectivity index (χ2v) is 7.59. The summed E-state index contributed by atoms with van der Waals surface area (Å²) in [6, 6.07) is -0.540. The van der Waals surface area contributed by atoms with Crippen molar-refractivity contribution in [3.05, 3.63) is 11.5 Å². The summed E-state index contributed by atoms with van der Waals surface area (Å²) in [5, 5.41) is 13.1. The average molecular weight is 301 g/mol. The van der Waals surface area contributed by atoms with Crippen LogP contribution in [0.2, 0.25) is 0 Å². The fourth-order valence-corrected chi connectivity index (χ4v) is 4.16. The van der Waals surface area contributed by atoms with Gasteiger partial charge in [0.1, 0.15) is 0 Å². The number of hydrogen-bond acceptors (Lipinski definition) is 4. The number of carboxylic acid groups (broad SMARTS) is 1. The number of amides is 1. The number of carboxylic acids is 1. The fourth-order valence-electron chi connectivity index (χ4n) is 2.93. The minimum Gasteiger partial charge on any atom is -0.481 e. The number of aliphatic carboxylic acids is 1. The SMILES string of the molecule is O=C(CC1(C(=O)O)CCCCC1)NC1C=CS(=O)(=O)C1. The Hall–Kier alpha value is -1.37. The standard InChI is InChI=1S/C13H19NO5S/c15-11(14-10-4-7-20(18,19)9-10)8-13(12(16)17)5-2-1-3-6-13/h4,7,10H,1-3,5-6,8-9H2,(H,14,15)(H,16,17). The Morgan fingerprint density at radius 2 is 1.90 bits per heavy atom. The third kappa shape index (κ3) is 3.39. The van der Waals surface area contributed by atoms with Crippen molar-refractivity contribution in [2.45, 2.75) is 44.6 Å². The lowest BCUT2D eigenvalue weighted by Crippen LogP contribution is -2.42. The van der Waals surface area contributed by atoms with Crippen molar-refractivity contribution in [1.29, 1.82) is 0 Å². The van der Waals surface area contributed by atoms with Gasteiger partial charge in [0.15, 0.2) is 9.84 Å². The molecule has 1 heterocycles. The molecule has 1 atom stereocenters. The van der Waals surface area contributed by atoms with Gasteiger partial charge in [-0.3, -0.25) is 9.59 Å². The zero-order valence-electron chi connectivity index (χ0n) is 11.2. The second-order valence-electron chi connectivity index (χ2n) is 5.65. The smallest absolute Gasteiger partial charge is 0.310 e.